The maximum atomic E-state index is 10.3. The summed E-state index contributed by atoms with van der Waals surface area (Å²) in [4.78, 5) is 0. The van der Waals surface area contributed by atoms with E-state index in [9.17, 15) is 5.11 Å². The number of nitrogens with one attached hydrogen (secondary N) is 1. The van der Waals surface area contributed by atoms with Gasteiger partial charge in [0.2, 0.25) is 0 Å². The normalized spacial score (nSPS) is 29.7. The minimum Gasteiger partial charge on any atom is -0.392 e. The van der Waals surface area contributed by atoms with Crippen molar-refractivity contribution in [1.29, 1.82) is 0 Å². The van der Waals surface area contributed by atoms with Crippen LogP contribution < -0.4 is 5.32 Å². The molecule has 106 valence electrons. The Balaban J connectivity index is 1.85. The van der Waals surface area contributed by atoms with Gasteiger partial charge in [0.15, 0.2) is 0 Å². The Kier molecular flexibility index (Phi) is 5.01. The van der Waals surface area contributed by atoms with Crippen LogP contribution in [0.15, 0.2) is 0 Å². The lowest BCUT2D eigenvalue weighted by molar-refractivity contribution is -0.158. The van der Waals surface area contributed by atoms with Crippen molar-refractivity contribution in [2.24, 2.45) is 5.92 Å². The molecule has 4 heteroatoms. The Bertz CT molecular complexity index is 246. The Morgan fingerprint density at radius 1 is 1.28 bits per heavy atom. The summed E-state index contributed by atoms with van der Waals surface area (Å²) in [7, 11) is 0. The van der Waals surface area contributed by atoms with E-state index in [0.29, 0.717) is 18.5 Å². The molecule has 0 aromatic rings. The summed E-state index contributed by atoms with van der Waals surface area (Å²) in [5.41, 5.74) is -0.0139. The molecular formula is C14H27NO3. The van der Waals surface area contributed by atoms with E-state index in [0.717, 1.165) is 45.5 Å². The van der Waals surface area contributed by atoms with Gasteiger partial charge in [0, 0.05) is 32.4 Å². The largest absolute Gasteiger partial charge is 0.392 e. The van der Waals surface area contributed by atoms with Gasteiger partial charge >= 0.3 is 0 Å². The molecule has 0 aliphatic carbocycles. The average molecular weight is 257 g/mol. The van der Waals surface area contributed by atoms with Crippen molar-refractivity contribution in [2.75, 3.05) is 26.4 Å². The molecule has 0 saturated carbocycles. The van der Waals surface area contributed by atoms with Gasteiger partial charge in [-0.1, -0.05) is 13.8 Å². The molecule has 2 aliphatic heterocycles. The van der Waals surface area contributed by atoms with Crippen LogP contribution in [0, 0.1) is 5.92 Å². The van der Waals surface area contributed by atoms with Gasteiger partial charge in [0.25, 0.3) is 0 Å². The summed E-state index contributed by atoms with van der Waals surface area (Å²) in [6.07, 6.45) is 3.67. The first-order valence-electron chi connectivity index (χ1n) is 7.24. The second kappa shape index (κ2) is 6.33. The van der Waals surface area contributed by atoms with Gasteiger partial charge in [-0.25, -0.2) is 0 Å². The predicted molar refractivity (Wildman–Crippen MR) is 70.6 cm³/mol. The summed E-state index contributed by atoms with van der Waals surface area (Å²) in [5.74, 6) is 0.364. The third-order valence-corrected chi connectivity index (χ3v) is 4.21. The number of aliphatic hydroxyl groups is 1. The molecule has 2 heterocycles. The number of rotatable bonds is 4. The van der Waals surface area contributed by atoms with Crippen molar-refractivity contribution in [1.82, 2.24) is 5.32 Å². The molecule has 4 nitrogen and oxygen atoms in total. The van der Waals surface area contributed by atoms with Crippen molar-refractivity contribution in [2.45, 2.75) is 57.3 Å². The SMILES string of the molecule is CC(C)NCC(O)C1CCOC2(CCOCC2)C1. The molecule has 1 spiro atoms. The fourth-order valence-corrected chi connectivity index (χ4v) is 3.01. The van der Waals surface area contributed by atoms with E-state index in [1.54, 1.807) is 0 Å². The highest BCUT2D eigenvalue weighted by atomic mass is 16.5. The number of aliphatic hydroxyl groups excluding tert-OH is 1. The molecule has 2 saturated heterocycles. The summed E-state index contributed by atoms with van der Waals surface area (Å²) >= 11 is 0. The molecule has 0 bridgehead atoms. The number of ether oxygens (including phenoxy) is 2. The quantitative estimate of drug-likeness (QED) is 0.797. The van der Waals surface area contributed by atoms with Gasteiger partial charge in [-0.05, 0) is 31.6 Å². The Morgan fingerprint density at radius 3 is 2.67 bits per heavy atom. The van der Waals surface area contributed by atoms with Crippen LogP contribution in [0.1, 0.15) is 39.5 Å². The molecule has 0 aromatic carbocycles. The zero-order valence-corrected chi connectivity index (χ0v) is 11.7. The molecule has 2 fully saturated rings. The van der Waals surface area contributed by atoms with Crippen molar-refractivity contribution < 1.29 is 14.6 Å². The zero-order chi connectivity index (χ0) is 13.0. The third kappa shape index (κ3) is 3.67. The molecule has 2 atom stereocenters. The van der Waals surface area contributed by atoms with Gasteiger partial charge in [0.05, 0.1) is 11.7 Å². The molecule has 18 heavy (non-hydrogen) atoms. The van der Waals surface area contributed by atoms with E-state index < -0.39 is 0 Å². The lowest BCUT2D eigenvalue weighted by Gasteiger charge is -2.44. The first kappa shape index (κ1) is 14.3. The maximum Gasteiger partial charge on any atom is 0.0730 e. The Morgan fingerprint density at radius 2 is 2.00 bits per heavy atom. The third-order valence-electron chi connectivity index (χ3n) is 4.21. The highest BCUT2D eigenvalue weighted by molar-refractivity contribution is 4.91. The topological polar surface area (TPSA) is 50.7 Å². The van der Waals surface area contributed by atoms with Crippen LogP contribution in [-0.4, -0.2) is 49.2 Å². The van der Waals surface area contributed by atoms with Gasteiger partial charge in [0.1, 0.15) is 0 Å². The van der Waals surface area contributed by atoms with Crippen LogP contribution in [0.3, 0.4) is 0 Å². The summed E-state index contributed by atoms with van der Waals surface area (Å²) in [6, 6.07) is 0.427. The predicted octanol–water partition coefficient (Wildman–Crippen LogP) is 1.32. The van der Waals surface area contributed by atoms with E-state index in [1.807, 2.05) is 0 Å². The van der Waals surface area contributed by atoms with Gasteiger partial charge in [-0.15, -0.1) is 0 Å². The highest BCUT2D eigenvalue weighted by Crippen LogP contribution is 2.38. The van der Waals surface area contributed by atoms with E-state index in [2.05, 4.69) is 19.2 Å². The molecule has 0 radical (unpaired) electrons. The highest BCUT2D eigenvalue weighted by Gasteiger charge is 2.40. The number of hydrogen-bond acceptors (Lipinski definition) is 4. The van der Waals surface area contributed by atoms with E-state index in [4.69, 9.17) is 9.47 Å². The molecule has 2 unspecified atom stereocenters. The van der Waals surface area contributed by atoms with Crippen molar-refractivity contribution in [3.63, 3.8) is 0 Å². The van der Waals surface area contributed by atoms with Crippen molar-refractivity contribution in [3.8, 4) is 0 Å². The van der Waals surface area contributed by atoms with Gasteiger partial charge < -0.3 is 19.9 Å². The smallest absolute Gasteiger partial charge is 0.0730 e. The lowest BCUT2D eigenvalue weighted by Crippen LogP contribution is -2.48. The van der Waals surface area contributed by atoms with Crippen LogP contribution in [0.5, 0.6) is 0 Å². The standard InChI is InChI=1S/C14H27NO3/c1-11(2)15-10-13(16)12-3-6-18-14(9-12)4-7-17-8-5-14/h11-13,15-16H,3-10H2,1-2H3. The first-order valence-corrected chi connectivity index (χ1v) is 7.24. The van der Waals surface area contributed by atoms with Crippen LogP contribution in [-0.2, 0) is 9.47 Å². The fourth-order valence-electron chi connectivity index (χ4n) is 3.01. The van der Waals surface area contributed by atoms with Crippen LogP contribution in [0.2, 0.25) is 0 Å². The monoisotopic (exact) mass is 257 g/mol. The van der Waals surface area contributed by atoms with Gasteiger partial charge in [-0.3, -0.25) is 0 Å². The van der Waals surface area contributed by atoms with Crippen LogP contribution in [0.4, 0.5) is 0 Å². The molecule has 2 aliphatic rings. The van der Waals surface area contributed by atoms with E-state index in [1.165, 1.54) is 0 Å². The summed E-state index contributed by atoms with van der Waals surface area (Å²) in [5, 5.41) is 13.6. The van der Waals surface area contributed by atoms with Crippen molar-refractivity contribution in [3.05, 3.63) is 0 Å². The van der Waals surface area contributed by atoms with E-state index >= 15 is 0 Å². The minimum atomic E-state index is -0.254. The summed E-state index contributed by atoms with van der Waals surface area (Å²) < 4.78 is 11.4. The summed E-state index contributed by atoms with van der Waals surface area (Å²) in [6.45, 7) is 7.28. The number of hydrogen-bond donors (Lipinski definition) is 2. The maximum absolute atomic E-state index is 10.3. The average Bonchev–Trinajstić information content (AvgIpc) is 2.37. The molecule has 0 amide bonds. The molecular weight excluding hydrogens is 230 g/mol. The second-order valence-corrected chi connectivity index (χ2v) is 6.03. The van der Waals surface area contributed by atoms with Gasteiger partial charge in [-0.2, -0.15) is 0 Å². The Hall–Kier alpha value is -0.160. The lowest BCUT2D eigenvalue weighted by atomic mass is 9.78. The Labute approximate surface area is 110 Å². The molecule has 0 aromatic heterocycles. The van der Waals surface area contributed by atoms with E-state index in [-0.39, 0.29) is 11.7 Å². The van der Waals surface area contributed by atoms with Crippen LogP contribution in [0.25, 0.3) is 0 Å². The fraction of sp³-hybridized carbons (Fsp3) is 1.00. The van der Waals surface area contributed by atoms with Crippen LogP contribution >= 0.6 is 0 Å². The molecule has 2 N–H and O–H groups in total. The zero-order valence-electron chi connectivity index (χ0n) is 11.7. The molecule has 2 rings (SSSR count). The second-order valence-electron chi connectivity index (χ2n) is 6.03. The van der Waals surface area contributed by atoms with Crippen molar-refractivity contribution >= 4 is 0 Å². The minimum absolute atomic E-state index is 0.0139. The first-order chi connectivity index (χ1) is 8.61.